The van der Waals surface area contributed by atoms with Crippen LogP contribution in [0.15, 0.2) is 11.3 Å². The minimum atomic E-state index is -0.363. The molecule has 0 atom stereocenters. The second-order valence-electron chi connectivity index (χ2n) is 6.27. The fourth-order valence-corrected chi connectivity index (χ4v) is 2.73. The van der Waals surface area contributed by atoms with Gasteiger partial charge < -0.3 is 4.74 Å². The van der Waals surface area contributed by atoms with E-state index in [1.807, 2.05) is 27.7 Å². The zero-order chi connectivity index (χ0) is 12.1. The summed E-state index contributed by atoms with van der Waals surface area (Å²) in [4.78, 5) is 23.6. The van der Waals surface area contributed by atoms with Gasteiger partial charge in [-0.15, -0.1) is 0 Å². The molecule has 0 N–H and O–H groups in total. The Kier molecular flexibility index (Phi) is 2.26. The number of ketones is 1. The molecular formula is C13H18O3. The van der Waals surface area contributed by atoms with Crippen molar-refractivity contribution >= 4 is 11.8 Å². The number of hydrogen-bond donors (Lipinski definition) is 0. The van der Waals surface area contributed by atoms with Crippen molar-refractivity contribution in [2.45, 2.75) is 47.0 Å². The Balaban J connectivity index is 2.49. The summed E-state index contributed by atoms with van der Waals surface area (Å²) in [6.07, 6.45) is 1.54. The zero-order valence-electron chi connectivity index (χ0n) is 10.3. The first-order chi connectivity index (χ1) is 7.21. The molecule has 1 aliphatic carbocycles. The molecule has 0 saturated carbocycles. The van der Waals surface area contributed by atoms with E-state index in [4.69, 9.17) is 4.74 Å². The topological polar surface area (TPSA) is 43.4 Å². The minimum absolute atomic E-state index is 0.0936. The Morgan fingerprint density at radius 1 is 1.00 bits per heavy atom. The Morgan fingerprint density at radius 2 is 1.62 bits per heavy atom. The number of ether oxygens (including phenoxy) is 1. The monoisotopic (exact) mass is 222 g/mol. The molecule has 3 heteroatoms. The lowest BCUT2D eigenvalue weighted by atomic mass is 9.67. The molecule has 2 aliphatic rings. The standard InChI is InChI=1S/C13H18O3/c1-12(2)5-8(14)11-9(6-12)16-10(15)7-13(11,3)4/h5-7H2,1-4H3. The van der Waals surface area contributed by atoms with Crippen LogP contribution in [0.25, 0.3) is 0 Å². The maximum atomic E-state index is 12.1. The maximum absolute atomic E-state index is 12.1. The second kappa shape index (κ2) is 3.19. The van der Waals surface area contributed by atoms with Crippen molar-refractivity contribution in [1.29, 1.82) is 0 Å². The fourth-order valence-electron chi connectivity index (χ4n) is 2.73. The molecule has 3 nitrogen and oxygen atoms in total. The summed E-state index contributed by atoms with van der Waals surface area (Å²) in [5.74, 6) is 0.542. The molecule has 16 heavy (non-hydrogen) atoms. The molecular weight excluding hydrogens is 204 g/mol. The van der Waals surface area contributed by atoms with Gasteiger partial charge in [-0.25, -0.2) is 0 Å². The Labute approximate surface area is 95.9 Å². The lowest BCUT2D eigenvalue weighted by molar-refractivity contribution is -0.145. The first-order valence-corrected chi connectivity index (χ1v) is 5.69. The van der Waals surface area contributed by atoms with Crippen LogP contribution >= 0.6 is 0 Å². The van der Waals surface area contributed by atoms with E-state index in [1.54, 1.807) is 0 Å². The van der Waals surface area contributed by atoms with E-state index >= 15 is 0 Å². The first kappa shape index (κ1) is 11.4. The molecule has 0 aromatic heterocycles. The third-order valence-electron chi connectivity index (χ3n) is 3.34. The molecule has 0 bridgehead atoms. The van der Waals surface area contributed by atoms with Gasteiger partial charge >= 0.3 is 5.97 Å². The summed E-state index contributed by atoms with van der Waals surface area (Å²) in [7, 11) is 0. The minimum Gasteiger partial charge on any atom is -0.431 e. The molecule has 0 spiro atoms. The Bertz CT molecular complexity index is 399. The quantitative estimate of drug-likeness (QED) is 0.592. The van der Waals surface area contributed by atoms with Crippen molar-refractivity contribution in [2.75, 3.05) is 0 Å². The van der Waals surface area contributed by atoms with Crippen LogP contribution in [0.3, 0.4) is 0 Å². The molecule has 0 amide bonds. The van der Waals surface area contributed by atoms with Gasteiger partial charge in [-0.3, -0.25) is 9.59 Å². The summed E-state index contributed by atoms with van der Waals surface area (Å²) in [5.41, 5.74) is 0.286. The van der Waals surface area contributed by atoms with E-state index in [0.717, 1.165) is 5.57 Å². The average Bonchev–Trinajstić information content (AvgIpc) is 1.94. The van der Waals surface area contributed by atoms with E-state index < -0.39 is 0 Å². The van der Waals surface area contributed by atoms with Gasteiger partial charge in [0.2, 0.25) is 0 Å². The van der Waals surface area contributed by atoms with Crippen molar-refractivity contribution in [2.24, 2.45) is 10.8 Å². The largest absolute Gasteiger partial charge is 0.431 e. The molecule has 0 saturated heterocycles. The van der Waals surface area contributed by atoms with Gasteiger partial charge in [0.1, 0.15) is 5.76 Å². The van der Waals surface area contributed by atoms with Gasteiger partial charge in [0.15, 0.2) is 5.78 Å². The van der Waals surface area contributed by atoms with Crippen LogP contribution in [-0.4, -0.2) is 11.8 Å². The van der Waals surface area contributed by atoms with E-state index in [9.17, 15) is 9.59 Å². The van der Waals surface area contributed by atoms with E-state index in [2.05, 4.69) is 0 Å². The average molecular weight is 222 g/mol. The number of rotatable bonds is 0. The highest BCUT2D eigenvalue weighted by atomic mass is 16.5. The number of allylic oxidation sites excluding steroid dienone is 2. The summed E-state index contributed by atoms with van der Waals surface area (Å²) in [6.45, 7) is 7.95. The number of carbonyl (C=O) groups is 2. The number of Topliss-reactive ketones (excluding diaryl/α,β-unsaturated/α-hetero) is 1. The van der Waals surface area contributed by atoms with Crippen LogP contribution < -0.4 is 0 Å². The van der Waals surface area contributed by atoms with Gasteiger partial charge in [0.25, 0.3) is 0 Å². The molecule has 0 aromatic carbocycles. The van der Waals surface area contributed by atoms with Crippen LogP contribution in [0.5, 0.6) is 0 Å². The van der Waals surface area contributed by atoms with Crippen LogP contribution in [0, 0.1) is 10.8 Å². The Hall–Kier alpha value is -1.12. The highest BCUT2D eigenvalue weighted by Gasteiger charge is 2.45. The van der Waals surface area contributed by atoms with Gasteiger partial charge in [-0.2, -0.15) is 0 Å². The fraction of sp³-hybridized carbons (Fsp3) is 0.692. The summed E-state index contributed by atoms with van der Waals surface area (Å²) in [5, 5.41) is 0. The zero-order valence-corrected chi connectivity index (χ0v) is 10.3. The van der Waals surface area contributed by atoms with Crippen LogP contribution in [0.2, 0.25) is 0 Å². The maximum Gasteiger partial charge on any atom is 0.311 e. The lowest BCUT2D eigenvalue weighted by Gasteiger charge is -2.40. The van der Waals surface area contributed by atoms with Gasteiger partial charge in [0.05, 0.1) is 6.42 Å². The van der Waals surface area contributed by atoms with Crippen molar-refractivity contribution < 1.29 is 14.3 Å². The smallest absolute Gasteiger partial charge is 0.311 e. The van der Waals surface area contributed by atoms with Crippen molar-refractivity contribution in [3.05, 3.63) is 11.3 Å². The number of esters is 1. The van der Waals surface area contributed by atoms with Gasteiger partial charge in [0, 0.05) is 23.8 Å². The molecule has 0 unspecified atom stereocenters. The third kappa shape index (κ3) is 1.79. The SMILES string of the molecule is CC1(C)CC(=O)C2=C(C1)OC(=O)CC2(C)C. The van der Waals surface area contributed by atoms with Gasteiger partial charge in [-0.05, 0) is 5.41 Å². The van der Waals surface area contributed by atoms with Crippen LogP contribution in [-0.2, 0) is 14.3 Å². The van der Waals surface area contributed by atoms with Crippen LogP contribution in [0.1, 0.15) is 47.0 Å². The van der Waals surface area contributed by atoms with E-state index in [0.29, 0.717) is 25.0 Å². The highest BCUT2D eigenvalue weighted by molar-refractivity contribution is 6.00. The number of hydrogen-bond acceptors (Lipinski definition) is 3. The summed E-state index contributed by atoms with van der Waals surface area (Å²) < 4.78 is 5.25. The van der Waals surface area contributed by atoms with Crippen LogP contribution in [0.4, 0.5) is 0 Å². The normalized spacial score (nSPS) is 27.5. The molecule has 88 valence electrons. The van der Waals surface area contributed by atoms with Crippen molar-refractivity contribution in [1.82, 2.24) is 0 Å². The van der Waals surface area contributed by atoms with E-state index in [1.165, 1.54) is 0 Å². The molecule has 2 rings (SSSR count). The molecule has 0 radical (unpaired) electrons. The van der Waals surface area contributed by atoms with Gasteiger partial charge in [-0.1, -0.05) is 27.7 Å². The number of carbonyl (C=O) groups excluding carboxylic acids is 2. The molecule has 0 aromatic rings. The predicted molar refractivity (Wildman–Crippen MR) is 59.5 cm³/mol. The first-order valence-electron chi connectivity index (χ1n) is 5.69. The van der Waals surface area contributed by atoms with Crippen molar-refractivity contribution in [3.8, 4) is 0 Å². The Morgan fingerprint density at radius 3 is 2.25 bits per heavy atom. The predicted octanol–water partition coefficient (Wildman–Crippen LogP) is 2.60. The molecule has 1 heterocycles. The summed E-state index contributed by atoms with van der Waals surface area (Å²) >= 11 is 0. The highest BCUT2D eigenvalue weighted by Crippen LogP contribution is 2.47. The molecule has 0 fully saturated rings. The summed E-state index contributed by atoms with van der Waals surface area (Å²) in [6, 6.07) is 0. The van der Waals surface area contributed by atoms with E-state index in [-0.39, 0.29) is 22.6 Å². The third-order valence-corrected chi connectivity index (χ3v) is 3.34. The lowest BCUT2D eigenvalue weighted by Crippen LogP contribution is -2.38. The molecule has 1 aliphatic heterocycles. The second-order valence-corrected chi connectivity index (χ2v) is 6.27. The van der Waals surface area contributed by atoms with Crippen molar-refractivity contribution in [3.63, 3.8) is 0 Å².